The lowest BCUT2D eigenvalue weighted by Gasteiger charge is -2.35. The molecule has 144 valence electrons. The van der Waals surface area contributed by atoms with Crippen molar-refractivity contribution < 1.29 is 9.53 Å². The Bertz CT molecular complexity index is 764. The first-order valence-electron chi connectivity index (χ1n) is 9.84. The van der Waals surface area contributed by atoms with E-state index >= 15 is 0 Å². The van der Waals surface area contributed by atoms with Gasteiger partial charge >= 0.3 is 0 Å². The Kier molecular flexibility index (Phi) is 6.64. The number of nitrogens with one attached hydrogen (secondary N) is 1. The van der Waals surface area contributed by atoms with Gasteiger partial charge in [-0.25, -0.2) is 0 Å². The zero-order valence-electron chi connectivity index (χ0n) is 16.6. The molecule has 0 unspecified atom stereocenters. The minimum atomic E-state index is -0.0125. The van der Waals surface area contributed by atoms with E-state index in [0.717, 1.165) is 43.9 Å². The van der Waals surface area contributed by atoms with Gasteiger partial charge in [-0.2, -0.15) is 0 Å². The Labute approximate surface area is 162 Å². The highest BCUT2D eigenvalue weighted by Crippen LogP contribution is 2.22. The SMILES string of the molecule is CCc1ccc([C@@H](CNC(=O)c2ccc(C)c(C)c2)N2CCOCC2)cc1. The second-order valence-electron chi connectivity index (χ2n) is 7.27. The molecule has 0 aliphatic carbocycles. The number of aryl methyl sites for hydroxylation is 3. The third-order valence-corrected chi connectivity index (χ3v) is 5.48. The number of carbonyl (C=O) groups is 1. The molecular weight excluding hydrogens is 336 g/mol. The molecule has 4 nitrogen and oxygen atoms in total. The highest BCUT2D eigenvalue weighted by atomic mass is 16.5. The average Bonchev–Trinajstić information content (AvgIpc) is 2.71. The van der Waals surface area contributed by atoms with Crippen molar-refractivity contribution in [2.45, 2.75) is 33.2 Å². The standard InChI is InChI=1S/C23H30N2O2/c1-4-19-6-9-20(10-7-19)22(25-11-13-27-14-12-25)16-24-23(26)21-8-5-17(2)18(3)15-21/h5-10,15,22H,4,11-14,16H2,1-3H3,(H,24,26)/t22-/m1/s1. The van der Waals surface area contributed by atoms with Gasteiger partial charge in [0.05, 0.1) is 19.3 Å². The van der Waals surface area contributed by atoms with Crippen molar-refractivity contribution in [3.05, 3.63) is 70.3 Å². The van der Waals surface area contributed by atoms with Crippen molar-refractivity contribution in [3.63, 3.8) is 0 Å². The highest BCUT2D eigenvalue weighted by molar-refractivity contribution is 5.94. The summed E-state index contributed by atoms with van der Waals surface area (Å²) in [6.07, 6.45) is 1.03. The zero-order valence-corrected chi connectivity index (χ0v) is 16.6. The Hall–Kier alpha value is -2.17. The van der Waals surface area contributed by atoms with E-state index in [-0.39, 0.29) is 11.9 Å². The molecule has 1 amide bonds. The van der Waals surface area contributed by atoms with Crippen LogP contribution in [-0.4, -0.2) is 43.7 Å². The van der Waals surface area contributed by atoms with Gasteiger partial charge in [-0.1, -0.05) is 37.3 Å². The van der Waals surface area contributed by atoms with E-state index in [2.05, 4.69) is 48.3 Å². The summed E-state index contributed by atoms with van der Waals surface area (Å²) in [5.74, 6) is -0.0125. The molecular formula is C23H30N2O2. The fourth-order valence-corrected chi connectivity index (χ4v) is 3.50. The van der Waals surface area contributed by atoms with Crippen LogP contribution in [0.3, 0.4) is 0 Å². The van der Waals surface area contributed by atoms with Crippen molar-refractivity contribution in [2.24, 2.45) is 0 Å². The van der Waals surface area contributed by atoms with Crippen LogP contribution >= 0.6 is 0 Å². The van der Waals surface area contributed by atoms with Gasteiger partial charge < -0.3 is 10.1 Å². The Balaban J connectivity index is 1.73. The number of nitrogens with zero attached hydrogens (tertiary/aromatic N) is 1. The van der Waals surface area contributed by atoms with Crippen LogP contribution in [0.1, 0.15) is 45.6 Å². The second kappa shape index (κ2) is 9.16. The van der Waals surface area contributed by atoms with Crippen LogP contribution in [0.4, 0.5) is 0 Å². The molecule has 0 spiro atoms. The molecule has 2 aromatic carbocycles. The number of hydrogen-bond donors (Lipinski definition) is 1. The number of carbonyl (C=O) groups excluding carboxylic acids is 1. The summed E-state index contributed by atoms with van der Waals surface area (Å²) in [5, 5.41) is 3.15. The van der Waals surface area contributed by atoms with Crippen LogP contribution < -0.4 is 5.32 Å². The summed E-state index contributed by atoms with van der Waals surface area (Å²) in [6, 6.07) is 14.8. The van der Waals surface area contributed by atoms with Crippen molar-refractivity contribution in [3.8, 4) is 0 Å². The summed E-state index contributed by atoms with van der Waals surface area (Å²) in [6.45, 7) is 10.1. The van der Waals surface area contributed by atoms with Crippen molar-refractivity contribution >= 4 is 5.91 Å². The Morgan fingerprint density at radius 2 is 1.78 bits per heavy atom. The lowest BCUT2D eigenvalue weighted by Crippen LogP contribution is -2.43. The quantitative estimate of drug-likeness (QED) is 0.848. The number of hydrogen-bond acceptors (Lipinski definition) is 3. The molecule has 4 heteroatoms. The van der Waals surface area contributed by atoms with E-state index in [4.69, 9.17) is 4.74 Å². The van der Waals surface area contributed by atoms with Crippen LogP contribution in [0.2, 0.25) is 0 Å². The maximum absolute atomic E-state index is 12.7. The van der Waals surface area contributed by atoms with Crippen LogP contribution in [0.15, 0.2) is 42.5 Å². The van der Waals surface area contributed by atoms with E-state index in [1.807, 2.05) is 25.1 Å². The number of amides is 1. The fourth-order valence-electron chi connectivity index (χ4n) is 3.50. The largest absolute Gasteiger partial charge is 0.379 e. The molecule has 1 aliphatic heterocycles. The normalized spacial score (nSPS) is 16.1. The Morgan fingerprint density at radius 1 is 1.07 bits per heavy atom. The third-order valence-electron chi connectivity index (χ3n) is 5.48. The number of benzene rings is 2. The smallest absolute Gasteiger partial charge is 0.251 e. The Morgan fingerprint density at radius 3 is 2.41 bits per heavy atom. The summed E-state index contributed by atoms with van der Waals surface area (Å²) in [4.78, 5) is 15.1. The van der Waals surface area contributed by atoms with Crippen molar-refractivity contribution in [2.75, 3.05) is 32.8 Å². The number of ether oxygens (including phenoxy) is 1. The molecule has 1 aliphatic rings. The van der Waals surface area contributed by atoms with E-state index in [0.29, 0.717) is 6.54 Å². The summed E-state index contributed by atoms with van der Waals surface area (Å²) in [5.41, 5.74) is 5.64. The monoisotopic (exact) mass is 366 g/mol. The first kappa shape index (κ1) is 19.6. The summed E-state index contributed by atoms with van der Waals surface area (Å²) in [7, 11) is 0. The van der Waals surface area contributed by atoms with Crippen LogP contribution in [0, 0.1) is 13.8 Å². The van der Waals surface area contributed by atoms with Crippen molar-refractivity contribution in [1.82, 2.24) is 10.2 Å². The van der Waals surface area contributed by atoms with Gasteiger partial charge in [-0.05, 0) is 54.7 Å². The van der Waals surface area contributed by atoms with E-state index in [9.17, 15) is 4.79 Å². The maximum Gasteiger partial charge on any atom is 0.251 e. The molecule has 2 aromatic rings. The maximum atomic E-state index is 12.7. The predicted molar refractivity (Wildman–Crippen MR) is 109 cm³/mol. The highest BCUT2D eigenvalue weighted by Gasteiger charge is 2.23. The lowest BCUT2D eigenvalue weighted by atomic mass is 10.0. The topological polar surface area (TPSA) is 41.6 Å². The first-order chi connectivity index (χ1) is 13.1. The van der Waals surface area contributed by atoms with Gasteiger partial charge in [0.2, 0.25) is 0 Å². The van der Waals surface area contributed by atoms with Gasteiger partial charge in [0.1, 0.15) is 0 Å². The molecule has 1 fully saturated rings. The van der Waals surface area contributed by atoms with E-state index < -0.39 is 0 Å². The molecule has 0 radical (unpaired) electrons. The molecule has 3 rings (SSSR count). The fraction of sp³-hybridized carbons (Fsp3) is 0.435. The number of rotatable bonds is 6. The van der Waals surface area contributed by atoms with Gasteiger partial charge in [0.15, 0.2) is 0 Å². The van der Waals surface area contributed by atoms with Crippen LogP contribution in [-0.2, 0) is 11.2 Å². The van der Waals surface area contributed by atoms with Crippen LogP contribution in [0.25, 0.3) is 0 Å². The zero-order chi connectivity index (χ0) is 19.2. The molecule has 0 saturated carbocycles. The summed E-state index contributed by atoms with van der Waals surface area (Å²) < 4.78 is 5.51. The molecule has 0 bridgehead atoms. The van der Waals surface area contributed by atoms with Gasteiger partial charge in [0.25, 0.3) is 5.91 Å². The summed E-state index contributed by atoms with van der Waals surface area (Å²) >= 11 is 0. The predicted octanol–water partition coefficient (Wildman–Crippen LogP) is 3.67. The minimum Gasteiger partial charge on any atom is -0.379 e. The van der Waals surface area contributed by atoms with Gasteiger partial charge in [-0.3, -0.25) is 9.69 Å². The van der Waals surface area contributed by atoms with Crippen LogP contribution in [0.5, 0.6) is 0 Å². The lowest BCUT2D eigenvalue weighted by molar-refractivity contribution is 0.0162. The van der Waals surface area contributed by atoms with E-state index in [1.54, 1.807) is 0 Å². The number of morpholine rings is 1. The molecule has 0 aromatic heterocycles. The molecule has 1 heterocycles. The van der Waals surface area contributed by atoms with Gasteiger partial charge in [-0.15, -0.1) is 0 Å². The van der Waals surface area contributed by atoms with E-state index in [1.165, 1.54) is 16.7 Å². The third kappa shape index (κ3) is 4.96. The molecule has 1 saturated heterocycles. The van der Waals surface area contributed by atoms with Crippen molar-refractivity contribution in [1.29, 1.82) is 0 Å². The minimum absolute atomic E-state index is 0.0125. The second-order valence-corrected chi connectivity index (χ2v) is 7.27. The first-order valence-corrected chi connectivity index (χ1v) is 9.84. The molecule has 1 N–H and O–H groups in total. The molecule has 1 atom stereocenters. The average molecular weight is 367 g/mol. The van der Waals surface area contributed by atoms with Gasteiger partial charge in [0, 0.05) is 25.2 Å². The molecule has 27 heavy (non-hydrogen) atoms.